The van der Waals surface area contributed by atoms with Crippen LogP contribution in [0.25, 0.3) is 0 Å². The monoisotopic (exact) mass is 280 g/mol. The number of hydrogen-bond acceptors (Lipinski definition) is 7. The molecule has 0 aliphatic carbocycles. The zero-order valence-electron chi connectivity index (χ0n) is 9.76. The van der Waals surface area contributed by atoms with E-state index in [4.69, 9.17) is 0 Å². The van der Waals surface area contributed by atoms with E-state index >= 15 is 0 Å². The van der Waals surface area contributed by atoms with E-state index in [9.17, 15) is 30.2 Å². The van der Waals surface area contributed by atoms with Crippen molar-refractivity contribution in [3.05, 3.63) is 46.0 Å². The van der Waals surface area contributed by atoms with Crippen LogP contribution in [0, 0.1) is 10.1 Å². The minimum absolute atomic E-state index is 0.403. The lowest BCUT2D eigenvalue weighted by Crippen LogP contribution is -2.19. The second-order valence-corrected chi connectivity index (χ2v) is 3.65. The summed E-state index contributed by atoms with van der Waals surface area (Å²) in [7, 11) is 0. The van der Waals surface area contributed by atoms with Crippen molar-refractivity contribution in [2.24, 2.45) is 0 Å². The molecule has 0 atom stereocenters. The van der Waals surface area contributed by atoms with E-state index in [2.05, 4.69) is 4.84 Å². The van der Waals surface area contributed by atoms with Crippen molar-refractivity contribution in [3.63, 3.8) is 0 Å². The van der Waals surface area contributed by atoms with E-state index in [-0.39, 0.29) is 0 Å². The second-order valence-electron chi connectivity index (χ2n) is 3.65. The third-order valence-corrected chi connectivity index (χ3v) is 2.40. The Morgan fingerprint density at radius 3 is 2.30 bits per heavy atom. The summed E-state index contributed by atoms with van der Waals surface area (Å²) < 4.78 is 0.403. The normalized spacial score (nSPS) is 10.2. The van der Waals surface area contributed by atoms with Crippen molar-refractivity contribution in [2.75, 3.05) is 0 Å². The van der Waals surface area contributed by atoms with Gasteiger partial charge in [-0.2, -0.15) is 0 Å². The lowest BCUT2D eigenvalue weighted by Gasteiger charge is -2.07. The van der Waals surface area contributed by atoms with Gasteiger partial charge in [-0.3, -0.25) is 10.1 Å². The van der Waals surface area contributed by atoms with Crippen LogP contribution < -0.4 is 4.84 Å². The number of hydrogen-bond donors (Lipinski definition) is 3. The molecule has 0 radical (unpaired) electrons. The molecule has 0 saturated heterocycles. The first-order valence-electron chi connectivity index (χ1n) is 5.20. The van der Waals surface area contributed by atoms with E-state index in [1.165, 1.54) is 6.07 Å². The number of nitro groups is 1. The number of phenolic OH excluding ortho intramolecular Hbond substituents is 1. The summed E-state index contributed by atoms with van der Waals surface area (Å²) in [6.07, 6.45) is 0. The summed E-state index contributed by atoms with van der Waals surface area (Å²) in [5.74, 6) is -3.16. The fourth-order valence-corrected chi connectivity index (χ4v) is 1.47. The summed E-state index contributed by atoms with van der Waals surface area (Å²) in [6, 6.07) is 5.43. The predicted octanol–water partition coefficient (Wildman–Crippen LogP) is 0.782. The maximum atomic E-state index is 11.8. The second kappa shape index (κ2) is 4.80. The van der Waals surface area contributed by atoms with E-state index in [1.807, 2.05) is 0 Å². The molecule has 104 valence electrons. The fourth-order valence-electron chi connectivity index (χ4n) is 1.47. The molecule has 2 aromatic rings. The van der Waals surface area contributed by atoms with Gasteiger partial charge in [0.05, 0.1) is 4.92 Å². The number of rotatable bonds is 3. The molecule has 9 nitrogen and oxygen atoms in total. The Kier molecular flexibility index (Phi) is 3.17. The van der Waals surface area contributed by atoms with Crippen molar-refractivity contribution in [1.29, 1.82) is 0 Å². The molecule has 0 fully saturated rings. The van der Waals surface area contributed by atoms with Gasteiger partial charge in [-0.05, 0) is 6.07 Å². The Balaban J connectivity index is 2.35. The first kappa shape index (κ1) is 13.2. The van der Waals surface area contributed by atoms with Gasteiger partial charge in [0.1, 0.15) is 5.56 Å². The van der Waals surface area contributed by atoms with Crippen molar-refractivity contribution in [3.8, 4) is 17.5 Å². The van der Waals surface area contributed by atoms with Gasteiger partial charge < -0.3 is 20.2 Å². The SMILES string of the molecule is O=C(On1c(O)ccc1O)c1cccc([N+](=O)[O-])c1O. The number of benzene rings is 1. The first-order chi connectivity index (χ1) is 9.41. The summed E-state index contributed by atoms with van der Waals surface area (Å²) in [4.78, 5) is 26.1. The number of carbonyl (C=O) groups excluding carboxylic acids is 1. The van der Waals surface area contributed by atoms with Gasteiger partial charge in [0.25, 0.3) is 0 Å². The van der Waals surface area contributed by atoms with Crippen LogP contribution in [0.2, 0.25) is 0 Å². The van der Waals surface area contributed by atoms with Crippen LogP contribution in [0.3, 0.4) is 0 Å². The molecule has 0 spiro atoms. The fraction of sp³-hybridized carbons (Fsp3) is 0. The highest BCUT2D eigenvalue weighted by Crippen LogP contribution is 2.29. The van der Waals surface area contributed by atoms with Crippen LogP contribution in [0.4, 0.5) is 5.69 Å². The highest BCUT2D eigenvalue weighted by atomic mass is 16.7. The molecule has 0 bridgehead atoms. The van der Waals surface area contributed by atoms with Crippen LogP contribution in [0.15, 0.2) is 30.3 Å². The van der Waals surface area contributed by atoms with Crippen molar-refractivity contribution in [1.82, 2.24) is 4.73 Å². The molecule has 20 heavy (non-hydrogen) atoms. The topological polar surface area (TPSA) is 135 Å². The van der Waals surface area contributed by atoms with Gasteiger partial charge in [0.15, 0.2) is 0 Å². The molecular weight excluding hydrogens is 272 g/mol. The number of phenols is 1. The first-order valence-corrected chi connectivity index (χ1v) is 5.20. The van der Waals surface area contributed by atoms with Crippen LogP contribution in [0.5, 0.6) is 17.5 Å². The Labute approximate surface area is 111 Å². The third-order valence-electron chi connectivity index (χ3n) is 2.40. The zero-order valence-corrected chi connectivity index (χ0v) is 9.76. The highest BCUT2D eigenvalue weighted by molar-refractivity contribution is 5.94. The van der Waals surface area contributed by atoms with Gasteiger partial charge in [-0.15, -0.1) is 4.73 Å². The lowest BCUT2D eigenvalue weighted by molar-refractivity contribution is -0.385. The van der Waals surface area contributed by atoms with Gasteiger partial charge >= 0.3 is 11.7 Å². The van der Waals surface area contributed by atoms with Crippen molar-refractivity contribution in [2.45, 2.75) is 0 Å². The van der Waals surface area contributed by atoms with Gasteiger partial charge in [0, 0.05) is 18.2 Å². The smallest absolute Gasteiger partial charge is 0.367 e. The summed E-state index contributed by atoms with van der Waals surface area (Å²) in [5, 5.41) is 38.8. The van der Waals surface area contributed by atoms with Crippen molar-refractivity contribution < 1.29 is 29.9 Å². The Morgan fingerprint density at radius 1 is 1.15 bits per heavy atom. The molecule has 2 rings (SSSR count). The van der Waals surface area contributed by atoms with E-state index in [0.717, 1.165) is 24.3 Å². The minimum Gasteiger partial charge on any atom is -0.501 e. The molecule has 9 heteroatoms. The summed E-state index contributed by atoms with van der Waals surface area (Å²) >= 11 is 0. The van der Waals surface area contributed by atoms with Crippen LogP contribution in [0.1, 0.15) is 10.4 Å². The molecule has 3 N–H and O–H groups in total. The minimum atomic E-state index is -1.19. The molecule has 1 aromatic heterocycles. The zero-order chi connectivity index (χ0) is 14.9. The Morgan fingerprint density at radius 2 is 1.75 bits per heavy atom. The van der Waals surface area contributed by atoms with E-state index in [1.54, 1.807) is 0 Å². The van der Waals surface area contributed by atoms with Gasteiger partial charge in [-0.1, -0.05) is 6.07 Å². The number of aromatic nitrogens is 1. The maximum absolute atomic E-state index is 11.8. The van der Waals surface area contributed by atoms with Crippen molar-refractivity contribution >= 4 is 11.7 Å². The standard InChI is InChI=1S/C11H8N2O7/c14-8-4-5-9(15)12(8)20-11(17)6-2-1-3-7(10(6)16)13(18)19/h1-5,14-16H. The van der Waals surface area contributed by atoms with Gasteiger partial charge in [-0.25, -0.2) is 4.79 Å². The average Bonchev–Trinajstić information content (AvgIpc) is 2.70. The Bertz CT molecular complexity index is 673. The number of nitro benzene ring substituents is 1. The van der Waals surface area contributed by atoms with E-state index in [0.29, 0.717) is 4.73 Å². The average molecular weight is 280 g/mol. The van der Waals surface area contributed by atoms with Gasteiger partial charge in [0.2, 0.25) is 17.5 Å². The van der Waals surface area contributed by atoms with Crippen LogP contribution in [-0.4, -0.2) is 30.9 Å². The largest absolute Gasteiger partial charge is 0.501 e. The van der Waals surface area contributed by atoms with Crippen LogP contribution in [-0.2, 0) is 0 Å². The predicted molar refractivity (Wildman–Crippen MR) is 63.4 cm³/mol. The number of carbonyl (C=O) groups is 1. The number of nitrogens with zero attached hydrogens (tertiary/aromatic N) is 2. The third kappa shape index (κ3) is 2.19. The molecule has 0 saturated carbocycles. The molecule has 1 heterocycles. The maximum Gasteiger partial charge on any atom is 0.367 e. The van der Waals surface area contributed by atoms with Crippen LogP contribution >= 0.6 is 0 Å². The molecule has 1 aromatic carbocycles. The van der Waals surface area contributed by atoms with E-state index < -0.39 is 39.7 Å². The molecule has 0 aliphatic rings. The molecular formula is C11H8N2O7. The molecule has 0 aliphatic heterocycles. The quantitative estimate of drug-likeness (QED) is 0.558. The molecule has 0 unspecified atom stereocenters. The number of para-hydroxylation sites is 1. The highest BCUT2D eigenvalue weighted by Gasteiger charge is 2.23. The number of aromatic hydroxyl groups is 3. The summed E-state index contributed by atoms with van der Waals surface area (Å²) in [5.41, 5.74) is -1.15. The summed E-state index contributed by atoms with van der Waals surface area (Å²) in [6.45, 7) is 0. The molecule has 0 amide bonds. The lowest BCUT2D eigenvalue weighted by atomic mass is 10.2. The Hall–Kier alpha value is -3.23.